The lowest BCUT2D eigenvalue weighted by atomic mass is 10.2. The van der Waals surface area contributed by atoms with Crippen molar-refractivity contribution in [2.45, 2.75) is 11.3 Å². The van der Waals surface area contributed by atoms with Crippen LogP contribution in [-0.2, 0) is 16.4 Å². The van der Waals surface area contributed by atoms with E-state index in [1.807, 2.05) is 0 Å². The molecule has 0 aliphatic carbocycles. The first kappa shape index (κ1) is 15.6. The van der Waals surface area contributed by atoms with Gasteiger partial charge >= 0.3 is 5.97 Å². The molecule has 0 bridgehead atoms. The van der Waals surface area contributed by atoms with E-state index in [2.05, 4.69) is 35.3 Å². The quantitative estimate of drug-likeness (QED) is 0.773. The van der Waals surface area contributed by atoms with Gasteiger partial charge in [0.05, 0.1) is 10.5 Å². The molecule has 0 aliphatic rings. The molecule has 2 N–H and O–H groups in total. The number of nitrogens with one attached hydrogen (secondary N) is 1. The summed E-state index contributed by atoms with van der Waals surface area (Å²) < 4.78 is 31.3. The van der Waals surface area contributed by atoms with Gasteiger partial charge in [-0.05, 0) is 34.1 Å². The number of hydrogen-bond acceptors (Lipinski definition) is 6. The Hall–Kier alpha value is -1.78. The molecular weight excluding hydrogens is 366 g/mol. The number of benzene rings is 1. The highest BCUT2D eigenvalue weighted by Gasteiger charge is 2.18. The van der Waals surface area contributed by atoms with Crippen molar-refractivity contribution >= 4 is 31.9 Å². The molecule has 8 nitrogen and oxygen atoms in total. The second kappa shape index (κ2) is 6.33. The molecule has 0 aliphatic heterocycles. The Labute approximate surface area is 128 Å². The van der Waals surface area contributed by atoms with E-state index >= 15 is 0 Å². The monoisotopic (exact) mass is 375 g/mol. The lowest BCUT2D eigenvalue weighted by Gasteiger charge is -2.08. The summed E-state index contributed by atoms with van der Waals surface area (Å²) >= 11 is 3.06. The summed E-state index contributed by atoms with van der Waals surface area (Å²) in [4.78, 5) is 14.5. The van der Waals surface area contributed by atoms with E-state index in [1.54, 1.807) is 0 Å². The van der Waals surface area contributed by atoms with Crippen LogP contribution in [0.25, 0.3) is 0 Å². The summed E-state index contributed by atoms with van der Waals surface area (Å²) in [7, 11) is -3.76. The standard InChI is InChI=1S/C11H10BrN3O5S/c12-8-5-7(11(16)17)1-2-9(8)21(18,19)14-4-3-10-13-6-20-15-10/h1-2,5-6,14H,3-4H2,(H,16,17). The number of hydrogen-bond donors (Lipinski definition) is 2. The number of carboxylic acids is 1. The molecule has 0 spiro atoms. The van der Waals surface area contributed by atoms with Gasteiger partial charge in [0.25, 0.3) is 0 Å². The third-order valence-corrected chi connectivity index (χ3v) is 4.95. The van der Waals surface area contributed by atoms with Crippen molar-refractivity contribution in [2.24, 2.45) is 0 Å². The minimum atomic E-state index is -3.76. The lowest BCUT2D eigenvalue weighted by molar-refractivity contribution is 0.0696. The molecule has 1 aromatic carbocycles. The van der Waals surface area contributed by atoms with Gasteiger partial charge in [-0.1, -0.05) is 5.16 Å². The van der Waals surface area contributed by atoms with Crippen LogP contribution in [0.1, 0.15) is 16.2 Å². The molecule has 10 heteroatoms. The summed E-state index contributed by atoms with van der Waals surface area (Å²) in [5, 5.41) is 12.4. The number of rotatable bonds is 6. The van der Waals surface area contributed by atoms with E-state index < -0.39 is 16.0 Å². The number of carbonyl (C=O) groups is 1. The Bertz CT molecular complexity index is 745. The number of aromatic carboxylic acids is 1. The van der Waals surface area contributed by atoms with Gasteiger partial charge in [0.2, 0.25) is 16.4 Å². The van der Waals surface area contributed by atoms with Crippen molar-refractivity contribution in [1.29, 1.82) is 0 Å². The molecule has 2 rings (SSSR count). The van der Waals surface area contributed by atoms with E-state index in [0.29, 0.717) is 5.82 Å². The van der Waals surface area contributed by atoms with Crippen LogP contribution in [0.2, 0.25) is 0 Å². The van der Waals surface area contributed by atoms with E-state index in [1.165, 1.54) is 18.2 Å². The van der Waals surface area contributed by atoms with Gasteiger partial charge in [-0.2, -0.15) is 4.98 Å². The molecule has 0 unspecified atom stereocenters. The van der Waals surface area contributed by atoms with Crippen LogP contribution in [-0.4, -0.2) is 36.2 Å². The normalized spacial score (nSPS) is 11.5. The van der Waals surface area contributed by atoms with Crippen LogP contribution in [0.15, 0.2) is 38.5 Å². The zero-order valence-corrected chi connectivity index (χ0v) is 12.9. The van der Waals surface area contributed by atoms with E-state index in [4.69, 9.17) is 5.11 Å². The summed E-state index contributed by atoms with van der Waals surface area (Å²) in [5.41, 5.74) is -0.00683. The largest absolute Gasteiger partial charge is 0.478 e. The van der Waals surface area contributed by atoms with Crippen LogP contribution >= 0.6 is 15.9 Å². The number of halogens is 1. The van der Waals surface area contributed by atoms with Gasteiger partial charge in [0, 0.05) is 17.4 Å². The molecule has 0 saturated carbocycles. The topological polar surface area (TPSA) is 122 Å². The van der Waals surface area contributed by atoms with Crippen molar-refractivity contribution in [3.8, 4) is 0 Å². The highest BCUT2D eigenvalue weighted by molar-refractivity contribution is 9.10. The first-order valence-electron chi connectivity index (χ1n) is 5.68. The Kier molecular flexibility index (Phi) is 4.70. The molecule has 1 aromatic heterocycles. The molecule has 0 saturated heterocycles. The maximum absolute atomic E-state index is 12.1. The fraction of sp³-hybridized carbons (Fsp3) is 0.182. The summed E-state index contributed by atoms with van der Waals surface area (Å²) in [6.45, 7) is 0.0923. The van der Waals surface area contributed by atoms with E-state index in [-0.39, 0.29) is 27.9 Å². The Morgan fingerprint density at radius 2 is 2.19 bits per heavy atom. The predicted octanol–water partition coefficient (Wildman–Crippen LogP) is 1.05. The average molecular weight is 376 g/mol. The third kappa shape index (κ3) is 3.86. The summed E-state index contributed by atoms with van der Waals surface area (Å²) in [6.07, 6.45) is 1.44. The maximum atomic E-state index is 12.1. The summed E-state index contributed by atoms with van der Waals surface area (Å²) in [6, 6.07) is 3.68. The Morgan fingerprint density at radius 3 is 2.76 bits per heavy atom. The molecule has 21 heavy (non-hydrogen) atoms. The van der Waals surface area contributed by atoms with Crippen molar-refractivity contribution in [2.75, 3.05) is 6.54 Å². The zero-order chi connectivity index (χ0) is 15.5. The molecule has 1 heterocycles. The van der Waals surface area contributed by atoms with Crippen molar-refractivity contribution in [3.63, 3.8) is 0 Å². The molecule has 112 valence electrons. The van der Waals surface area contributed by atoms with Crippen LogP contribution < -0.4 is 4.72 Å². The zero-order valence-electron chi connectivity index (χ0n) is 10.5. The van der Waals surface area contributed by atoms with Crippen molar-refractivity contribution in [1.82, 2.24) is 14.9 Å². The van der Waals surface area contributed by atoms with Gasteiger partial charge in [0.1, 0.15) is 0 Å². The van der Waals surface area contributed by atoms with E-state index in [0.717, 1.165) is 6.39 Å². The Morgan fingerprint density at radius 1 is 1.43 bits per heavy atom. The predicted molar refractivity (Wildman–Crippen MR) is 74.3 cm³/mol. The maximum Gasteiger partial charge on any atom is 0.335 e. The molecule has 0 radical (unpaired) electrons. The van der Waals surface area contributed by atoms with Crippen molar-refractivity contribution in [3.05, 3.63) is 40.5 Å². The highest BCUT2D eigenvalue weighted by Crippen LogP contribution is 2.23. The van der Waals surface area contributed by atoms with Crippen LogP contribution in [0.3, 0.4) is 0 Å². The van der Waals surface area contributed by atoms with Gasteiger partial charge in [-0.25, -0.2) is 17.9 Å². The van der Waals surface area contributed by atoms with Gasteiger partial charge in [-0.3, -0.25) is 0 Å². The minimum Gasteiger partial charge on any atom is -0.478 e. The van der Waals surface area contributed by atoms with Crippen molar-refractivity contribution < 1.29 is 22.8 Å². The number of aromatic nitrogens is 2. The molecule has 0 amide bonds. The first-order valence-corrected chi connectivity index (χ1v) is 7.95. The number of carboxylic acid groups (broad SMARTS) is 1. The molecule has 0 atom stereocenters. The van der Waals surface area contributed by atoms with Gasteiger partial charge in [-0.15, -0.1) is 0 Å². The van der Waals surface area contributed by atoms with Crippen LogP contribution in [0, 0.1) is 0 Å². The van der Waals surface area contributed by atoms with Gasteiger partial charge < -0.3 is 9.63 Å². The van der Waals surface area contributed by atoms with Crippen LogP contribution in [0.4, 0.5) is 0 Å². The second-order valence-corrected chi connectivity index (χ2v) is 6.54. The molecule has 0 fully saturated rings. The number of sulfonamides is 1. The third-order valence-electron chi connectivity index (χ3n) is 2.52. The van der Waals surface area contributed by atoms with Gasteiger partial charge in [0.15, 0.2) is 5.82 Å². The lowest BCUT2D eigenvalue weighted by Crippen LogP contribution is -2.26. The Balaban J connectivity index is 2.10. The fourth-order valence-corrected chi connectivity index (χ4v) is 3.64. The second-order valence-electron chi connectivity index (χ2n) is 3.95. The first-order chi connectivity index (χ1) is 9.90. The van der Waals surface area contributed by atoms with Crippen LogP contribution in [0.5, 0.6) is 0 Å². The molecular formula is C11H10BrN3O5S. The SMILES string of the molecule is O=C(O)c1ccc(S(=O)(=O)NCCc2ncon2)c(Br)c1. The summed E-state index contributed by atoms with van der Waals surface area (Å²) in [5.74, 6) is -0.747. The molecule has 2 aromatic rings. The smallest absolute Gasteiger partial charge is 0.335 e. The average Bonchev–Trinajstić information content (AvgIpc) is 2.91. The number of nitrogens with zero attached hydrogens (tertiary/aromatic N) is 2. The fourth-order valence-electron chi connectivity index (χ4n) is 1.53. The minimum absolute atomic E-state index is 0.00683. The van der Waals surface area contributed by atoms with E-state index in [9.17, 15) is 13.2 Å². The highest BCUT2D eigenvalue weighted by atomic mass is 79.9.